The molecule has 1 aliphatic carbocycles. The maximum atomic E-state index is 9.41. The Morgan fingerprint density at radius 1 is 1.50 bits per heavy atom. The Kier molecular flexibility index (Phi) is 5.13. The van der Waals surface area contributed by atoms with Gasteiger partial charge in [0.15, 0.2) is 0 Å². The fourth-order valence-corrected chi connectivity index (χ4v) is 4.26. The lowest BCUT2D eigenvalue weighted by atomic mass is 9.87. The monoisotopic (exact) mass is 329 g/mol. The number of aliphatic hydroxyl groups is 1. The van der Waals surface area contributed by atoms with Crippen molar-refractivity contribution < 1.29 is 5.11 Å². The number of hydrogen-bond donors (Lipinski definition) is 2. The van der Waals surface area contributed by atoms with Crippen molar-refractivity contribution in [2.45, 2.75) is 36.1 Å². The molecule has 1 saturated carbocycles. The molecule has 1 aromatic rings. The van der Waals surface area contributed by atoms with Crippen molar-refractivity contribution in [3.05, 3.63) is 28.7 Å². The van der Waals surface area contributed by atoms with Crippen LogP contribution in [0.4, 0.5) is 0 Å². The van der Waals surface area contributed by atoms with E-state index in [9.17, 15) is 5.11 Å². The number of aliphatic hydroxyl groups excluding tert-OH is 1. The van der Waals surface area contributed by atoms with Gasteiger partial charge >= 0.3 is 0 Å². The summed E-state index contributed by atoms with van der Waals surface area (Å²) in [6.07, 6.45) is 4.38. The van der Waals surface area contributed by atoms with Crippen molar-refractivity contribution in [1.29, 1.82) is 0 Å². The Hall–Kier alpha value is -0.0300. The number of hydrogen-bond acceptors (Lipinski definition) is 3. The minimum absolute atomic E-state index is 0.124. The van der Waals surface area contributed by atoms with E-state index in [0.29, 0.717) is 5.92 Å². The van der Waals surface area contributed by atoms with Gasteiger partial charge in [0, 0.05) is 14.9 Å². The third-order valence-corrected chi connectivity index (χ3v) is 5.35. The van der Waals surface area contributed by atoms with Crippen LogP contribution in [0.15, 0.2) is 33.6 Å². The van der Waals surface area contributed by atoms with Crippen LogP contribution in [0.2, 0.25) is 0 Å². The van der Waals surface area contributed by atoms with E-state index >= 15 is 0 Å². The molecule has 18 heavy (non-hydrogen) atoms. The topological polar surface area (TPSA) is 46.2 Å². The quantitative estimate of drug-likeness (QED) is 0.813. The average Bonchev–Trinajstić information content (AvgIpc) is 2.72. The number of nitrogens with two attached hydrogens (primary N) is 1. The summed E-state index contributed by atoms with van der Waals surface area (Å²) >= 11 is 5.35. The van der Waals surface area contributed by atoms with Gasteiger partial charge in [-0.3, -0.25) is 0 Å². The first kappa shape index (κ1) is 14.4. The number of rotatable bonds is 5. The van der Waals surface area contributed by atoms with Crippen molar-refractivity contribution in [3.63, 3.8) is 0 Å². The van der Waals surface area contributed by atoms with Crippen LogP contribution in [0.5, 0.6) is 0 Å². The number of halogens is 1. The Balaban J connectivity index is 1.82. The van der Waals surface area contributed by atoms with Crippen LogP contribution in [0.1, 0.15) is 25.7 Å². The fraction of sp³-hybridized carbons (Fsp3) is 0.571. The largest absolute Gasteiger partial charge is 0.394 e. The predicted octanol–water partition coefficient (Wildman–Crippen LogP) is 3.42. The van der Waals surface area contributed by atoms with E-state index in [1.807, 2.05) is 17.8 Å². The molecule has 0 aliphatic heterocycles. The molecule has 2 atom stereocenters. The molecule has 0 radical (unpaired) electrons. The van der Waals surface area contributed by atoms with Crippen molar-refractivity contribution in [3.8, 4) is 0 Å². The third-order valence-electron chi connectivity index (χ3n) is 3.83. The second kappa shape index (κ2) is 6.42. The summed E-state index contributed by atoms with van der Waals surface area (Å²) in [5, 5.41) is 9.41. The fourth-order valence-electron chi connectivity index (χ4n) is 2.68. The first-order chi connectivity index (χ1) is 8.64. The van der Waals surface area contributed by atoms with Crippen LogP contribution >= 0.6 is 27.7 Å². The first-order valence-electron chi connectivity index (χ1n) is 6.42. The summed E-state index contributed by atoms with van der Waals surface area (Å²) < 4.78 is 1.12. The van der Waals surface area contributed by atoms with Gasteiger partial charge in [-0.1, -0.05) is 28.4 Å². The molecule has 1 fully saturated rings. The van der Waals surface area contributed by atoms with E-state index in [1.54, 1.807) is 0 Å². The normalized spacial score (nSPS) is 27.6. The zero-order chi connectivity index (χ0) is 13.0. The molecule has 0 spiro atoms. The number of thioether (sulfide) groups is 1. The van der Waals surface area contributed by atoms with Crippen LogP contribution in [-0.4, -0.2) is 23.0 Å². The van der Waals surface area contributed by atoms with Gasteiger partial charge in [-0.05, 0) is 49.1 Å². The number of benzene rings is 1. The molecule has 3 N–H and O–H groups in total. The molecule has 0 saturated heterocycles. The summed E-state index contributed by atoms with van der Waals surface area (Å²) in [4.78, 5) is 1.29. The lowest BCUT2D eigenvalue weighted by Crippen LogP contribution is -2.47. The molecule has 2 nitrogen and oxygen atoms in total. The van der Waals surface area contributed by atoms with Crippen molar-refractivity contribution in [2.24, 2.45) is 11.7 Å². The van der Waals surface area contributed by atoms with Crippen LogP contribution in [0.25, 0.3) is 0 Å². The van der Waals surface area contributed by atoms with Crippen molar-refractivity contribution >= 4 is 27.7 Å². The van der Waals surface area contributed by atoms with Crippen LogP contribution in [0, 0.1) is 5.92 Å². The highest BCUT2D eigenvalue weighted by atomic mass is 79.9. The van der Waals surface area contributed by atoms with E-state index in [0.717, 1.165) is 35.9 Å². The highest BCUT2D eigenvalue weighted by Gasteiger charge is 2.38. The summed E-state index contributed by atoms with van der Waals surface area (Å²) in [6, 6.07) is 8.37. The second-order valence-corrected chi connectivity index (χ2v) is 7.16. The van der Waals surface area contributed by atoms with Gasteiger partial charge in [-0.25, -0.2) is 0 Å². The molecule has 0 amide bonds. The Bertz CT molecular complexity index is 401. The zero-order valence-corrected chi connectivity index (χ0v) is 12.8. The standard InChI is InChI=1S/C14H20BrNOS/c15-12-4-1-5-13(9-12)18-8-6-11-3-2-7-14(11,16)10-17/h1,4-5,9,11,17H,2-3,6-8,10,16H2. The molecule has 1 aromatic carbocycles. The molecule has 0 bridgehead atoms. The third kappa shape index (κ3) is 3.50. The van der Waals surface area contributed by atoms with Gasteiger partial charge in [-0.15, -0.1) is 11.8 Å². The highest BCUT2D eigenvalue weighted by molar-refractivity contribution is 9.10. The van der Waals surface area contributed by atoms with Gasteiger partial charge in [-0.2, -0.15) is 0 Å². The second-order valence-electron chi connectivity index (χ2n) is 5.07. The smallest absolute Gasteiger partial charge is 0.0613 e. The summed E-state index contributed by atoms with van der Waals surface area (Å²) in [5.41, 5.74) is 5.92. The maximum Gasteiger partial charge on any atom is 0.0613 e. The predicted molar refractivity (Wildman–Crippen MR) is 80.8 cm³/mol. The van der Waals surface area contributed by atoms with E-state index < -0.39 is 0 Å². The minimum atomic E-state index is -0.322. The summed E-state index contributed by atoms with van der Waals surface area (Å²) in [6.45, 7) is 0.124. The van der Waals surface area contributed by atoms with Gasteiger partial charge < -0.3 is 10.8 Å². The molecule has 2 rings (SSSR count). The summed E-state index contributed by atoms with van der Waals surface area (Å²) in [5.74, 6) is 1.54. The summed E-state index contributed by atoms with van der Waals surface area (Å²) in [7, 11) is 0. The van der Waals surface area contributed by atoms with Crippen LogP contribution in [0.3, 0.4) is 0 Å². The van der Waals surface area contributed by atoms with Crippen LogP contribution in [-0.2, 0) is 0 Å². The molecule has 0 aromatic heterocycles. The molecule has 2 unspecified atom stereocenters. The molecule has 100 valence electrons. The zero-order valence-electron chi connectivity index (χ0n) is 10.4. The van der Waals surface area contributed by atoms with E-state index in [4.69, 9.17) is 5.73 Å². The Labute approximate surface area is 121 Å². The lowest BCUT2D eigenvalue weighted by molar-refractivity contribution is 0.158. The van der Waals surface area contributed by atoms with E-state index in [2.05, 4.69) is 34.1 Å². The van der Waals surface area contributed by atoms with E-state index in [-0.39, 0.29) is 12.1 Å². The van der Waals surface area contributed by atoms with Gasteiger partial charge in [0.2, 0.25) is 0 Å². The highest BCUT2D eigenvalue weighted by Crippen LogP contribution is 2.37. The Morgan fingerprint density at radius 3 is 3.06 bits per heavy atom. The lowest BCUT2D eigenvalue weighted by Gasteiger charge is -2.29. The molecular weight excluding hydrogens is 310 g/mol. The van der Waals surface area contributed by atoms with Crippen LogP contribution < -0.4 is 5.73 Å². The SMILES string of the molecule is NC1(CO)CCCC1CCSc1cccc(Br)c1. The average molecular weight is 330 g/mol. The maximum absolute atomic E-state index is 9.41. The van der Waals surface area contributed by atoms with Crippen molar-refractivity contribution in [1.82, 2.24) is 0 Å². The first-order valence-corrected chi connectivity index (χ1v) is 8.20. The van der Waals surface area contributed by atoms with Gasteiger partial charge in [0.1, 0.15) is 0 Å². The molecule has 0 heterocycles. The minimum Gasteiger partial charge on any atom is -0.394 e. The van der Waals surface area contributed by atoms with Crippen molar-refractivity contribution in [2.75, 3.05) is 12.4 Å². The van der Waals surface area contributed by atoms with Gasteiger partial charge in [0.25, 0.3) is 0 Å². The Morgan fingerprint density at radius 2 is 2.33 bits per heavy atom. The molecule has 4 heteroatoms. The molecular formula is C14H20BrNOS. The molecule has 1 aliphatic rings. The van der Waals surface area contributed by atoms with E-state index in [1.165, 1.54) is 4.90 Å². The van der Waals surface area contributed by atoms with Gasteiger partial charge in [0.05, 0.1) is 6.61 Å².